The zero-order chi connectivity index (χ0) is 10.0. The number of aromatic carboxylic acids is 1. The Hall–Kier alpha value is -1.11. The molecule has 0 saturated heterocycles. The number of rotatable bonds is 2. The van der Waals surface area contributed by atoms with Crippen LogP contribution in [0.1, 0.15) is 20.7 Å². The zero-order valence-corrected chi connectivity index (χ0v) is 8.61. The van der Waals surface area contributed by atoms with Crippen LogP contribution in [0.15, 0.2) is 18.2 Å². The van der Waals surface area contributed by atoms with Gasteiger partial charge in [0.1, 0.15) is 0 Å². The lowest BCUT2D eigenvalue weighted by atomic mass is 10.1. The molecule has 0 bridgehead atoms. The summed E-state index contributed by atoms with van der Waals surface area (Å²) >= 11 is 1.79. The molecule has 0 aliphatic heterocycles. The average Bonchev–Trinajstić information content (AvgIpc) is 2.03. The van der Waals surface area contributed by atoms with Crippen molar-refractivity contribution >= 4 is 34.5 Å². The van der Waals surface area contributed by atoms with E-state index in [1.54, 1.807) is 22.6 Å². The highest BCUT2D eigenvalue weighted by Crippen LogP contribution is 2.16. The van der Waals surface area contributed by atoms with Crippen LogP contribution in [0.2, 0.25) is 0 Å². The van der Waals surface area contributed by atoms with Gasteiger partial charge in [0.15, 0.2) is 0 Å². The molecule has 0 spiro atoms. The number of hydrogen-bond acceptors (Lipinski definition) is 2. The number of carbonyl (C=O) groups excluding carboxylic acids is 1. The summed E-state index contributed by atoms with van der Waals surface area (Å²) in [6.07, 6.45) is 0. The van der Waals surface area contributed by atoms with Gasteiger partial charge in [0.25, 0.3) is 0 Å². The summed E-state index contributed by atoms with van der Waals surface area (Å²) in [5, 5.41) is 8.71. The van der Waals surface area contributed by atoms with Gasteiger partial charge in [-0.05, 0) is 34.7 Å². The second-order valence-electron chi connectivity index (χ2n) is 2.34. The highest BCUT2D eigenvalue weighted by Gasteiger charge is 2.13. The molecule has 0 aromatic heterocycles. The number of nitrogens with two attached hydrogens (primary N) is 1. The van der Waals surface area contributed by atoms with E-state index in [0.717, 1.165) is 0 Å². The van der Waals surface area contributed by atoms with Crippen molar-refractivity contribution in [3.05, 3.63) is 32.9 Å². The highest BCUT2D eigenvalue weighted by atomic mass is 127. The second kappa shape index (κ2) is 3.73. The Morgan fingerprint density at radius 3 is 2.31 bits per heavy atom. The molecule has 1 amide bonds. The highest BCUT2D eigenvalue weighted by molar-refractivity contribution is 14.1. The molecule has 3 N–H and O–H groups in total. The van der Waals surface area contributed by atoms with Gasteiger partial charge in [-0.2, -0.15) is 0 Å². The fourth-order valence-corrected chi connectivity index (χ4v) is 1.74. The first-order valence-electron chi connectivity index (χ1n) is 3.35. The number of benzene rings is 1. The number of primary amides is 1. The number of carboxylic acids is 1. The first-order valence-corrected chi connectivity index (χ1v) is 4.43. The van der Waals surface area contributed by atoms with E-state index in [2.05, 4.69) is 0 Å². The standard InChI is InChI=1S/C8H6INO3/c9-6-4(7(10)11)2-1-3-5(6)8(12)13/h1-3H,(H2,10,11)(H,12,13). The van der Waals surface area contributed by atoms with Crippen LogP contribution in [0, 0.1) is 3.57 Å². The minimum Gasteiger partial charge on any atom is -0.478 e. The van der Waals surface area contributed by atoms with Gasteiger partial charge in [0.05, 0.1) is 11.1 Å². The normalized spacial score (nSPS) is 9.62. The predicted molar refractivity (Wildman–Crippen MR) is 54.6 cm³/mol. The van der Waals surface area contributed by atoms with Gasteiger partial charge >= 0.3 is 5.97 Å². The first-order chi connectivity index (χ1) is 6.04. The largest absolute Gasteiger partial charge is 0.478 e. The Labute approximate surface area is 87.9 Å². The number of carbonyl (C=O) groups is 2. The maximum Gasteiger partial charge on any atom is 0.336 e. The van der Waals surface area contributed by atoms with E-state index in [9.17, 15) is 9.59 Å². The minimum absolute atomic E-state index is 0.0944. The van der Waals surface area contributed by atoms with Gasteiger partial charge in [0.2, 0.25) is 5.91 Å². The van der Waals surface area contributed by atoms with Gasteiger partial charge in [-0.3, -0.25) is 4.79 Å². The minimum atomic E-state index is -1.06. The van der Waals surface area contributed by atoms with Gasteiger partial charge in [-0.25, -0.2) is 4.79 Å². The third kappa shape index (κ3) is 1.97. The van der Waals surface area contributed by atoms with Crippen LogP contribution in [-0.2, 0) is 0 Å². The molecular formula is C8H6INO3. The predicted octanol–water partition coefficient (Wildman–Crippen LogP) is 1.09. The van der Waals surface area contributed by atoms with E-state index >= 15 is 0 Å². The molecule has 0 aliphatic rings. The van der Waals surface area contributed by atoms with E-state index in [4.69, 9.17) is 10.8 Å². The number of amides is 1. The van der Waals surface area contributed by atoms with Crippen LogP contribution in [0.5, 0.6) is 0 Å². The summed E-state index contributed by atoms with van der Waals surface area (Å²) in [4.78, 5) is 21.5. The molecule has 0 aliphatic carbocycles. The van der Waals surface area contributed by atoms with Crippen molar-refractivity contribution in [2.24, 2.45) is 5.73 Å². The Balaban J connectivity index is 3.35. The van der Waals surface area contributed by atoms with Crippen molar-refractivity contribution < 1.29 is 14.7 Å². The molecule has 13 heavy (non-hydrogen) atoms. The van der Waals surface area contributed by atoms with Crippen molar-refractivity contribution in [2.75, 3.05) is 0 Å². The lowest BCUT2D eigenvalue weighted by Gasteiger charge is -2.02. The van der Waals surface area contributed by atoms with Crippen molar-refractivity contribution in [3.8, 4) is 0 Å². The van der Waals surface area contributed by atoms with Crippen LogP contribution >= 0.6 is 22.6 Å². The molecule has 0 saturated carbocycles. The fourth-order valence-electron chi connectivity index (χ4n) is 0.887. The van der Waals surface area contributed by atoms with Crippen molar-refractivity contribution in [2.45, 2.75) is 0 Å². The lowest BCUT2D eigenvalue weighted by Crippen LogP contribution is -2.14. The molecule has 0 radical (unpaired) electrons. The van der Waals surface area contributed by atoms with E-state index in [1.165, 1.54) is 18.2 Å². The monoisotopic (exact) mass is 291 g/mol. The molecular weight excluding hydrogens is 285 g/mol. The second-order valence-corrected chi connectivity index (χ2v) is 3.42. The summed E-state index contributed by atoms with van der Waals surface area (Å²) in [6, 6.07) is 4.42. The Bertz CT molecular complexity index is 343. The fraction of sp³-hybridized carbons (Fsp3) is 0. The van der Waals surface area contributed by atoms with Crippen molar-refractivity contribution in [1.82, 2.24) is 0 Å². The summed E-state index contributed by atoms with van der Waals surface area (Å²) in [5.41, 5.74) is 5.38. The molecule has 1 aromatic carbocycles. The average molecular weight is 291 g/mol. The lowest BCUT2D eigenvalue weighted by molar-refractivity contribution is 0.0695. The van der Waals surface area contributed by atoms with E-state index in [-0.39, 0.29) is 11.1 Å². The molecule has 0 unspecified atom stereocenters. The molecule has 0 atom stereocenters. The van der Waals surface area contributed by atoms with Gasteiger partial charge in [-0.15, -0.1) is 0 Å². The van der Waals surface area contributed by atoms with Crippen LogP contribution in [0.3, 0.4) is 0 Å². The van der Waals surface area contributed by atoms with E-state index in [0.29, 0.717) is 3.57 Å². The molecule has 5 heteroatoms. The molecule has 68 valence electrons. The topological polar surface area (TPSA) is 80.4 Å². The molecule has 1 aromatic rings. The van der Waals surface area contributed by atoms with Crippen molar-refractivity contribution in [1.29, 1.82) is 0 Å². The first kappa shape index (κ1) is 9.97. The number of hydrogen-bond donors (Lipinski definition) is 2. The molecule has 0 fully saturated rings. The third-order valence-electron chi connectivity index (χ3n) is 1.49. The Kier molecular flexibility index (Phi) is 2.86. The quantitative estimate of drug-likeness (QED) is 0.800. The zero-order valence-electron chi connectivity index (χ0n) is 6.45. The van der Waals surface area contributed by atoms with Gasteiger partial charge in [-0.1, -0.05) is 6.07 Å². The Morgan fingerprint density at radius 2 is 1.85 bits per heavy atom. The maximum absolute atomic E-state index is 10.8. The smallest absolute Gasteiger partial charge is 0.336 e. The number of halogens is 1. The van der Waals surface area contributed by atoms with Crippen LogP contribution in [0.25, 0.3) is 0 Å². The van der Waals surface area contributed by atoms with Gasteiger partial charge in [0, 0.05) is 3.57 Å². The summed E-state index contributed by atoms with van der Waals surface area (Å²) in [7, 11) is 0. The SMILES string of the molecule is NC(=O)c1cccc(C(=O)O)c1I. The van der Waals surface area contributed by atoms with Crippen molar-refractivity contribution in [3.63, 3.8) is 0 Å². The van der Waals surface area contributed by atoms with E-state index < -0.39 is 11.9 Å². The van der Waals surface area contributed by atoms with Crippen LogP contribution < -0.4 is 5.73 Å². The molecule has 4 nitrogen and oxygen atoms in total. The summed E-state index contributed by atoms with van der Waals surface area (Å²) in [5.74, 6) is -1.68. The third-order valence-corrected chi connectivity index (χ3v) is 2.66. The Morgan fingerprint density at radius 1 is 1.31 bits per heavy atom. The molecule has 1 rings (SSSR count). The molecule has 0 heterocycles. The summed E-state index contributed by atoms with van der Waals surface area (Å²) in [6.45, 7) is 0. The maximum atomic E-state index is 10.8. The van der Waals surface area contributed by atoms with E-state index in [1.807, 2.05) is 0 Å². The van der Waals surface area contributed by atoms with Crippen LogP contribution in [0.4, 0.5) is 0 Å². The number of carboxylic acid groups (broad SMARTS) is 1. The van der Waals surface area contributed by atoms with Crippen LogP contribution in [-0.4, -0.2) is 17.0 Å². The summed E-state index contributed by atoms with van der Waals surface area (Å²) < 4.78 is 0.375. The van der Waals surface area contributed by atoms with Gasteiger partial charge < -0.3 is 10.8 Å².